The van der Waals surface area contributed by atoms with Gasteiger partial charge in [-0.15, -0.1) is 0 Å². The Morgan fingerprint density at radius 1 is 1.11 bits per heavy atom. The highest BCUT2D eigenvalue weighted by molar-refractivity contribution is 5.97. The van der Waals surface area contributed by atoms with E-state index in [9.17, 15) is 14.4 Å². The van der Waals surface area contributed by atoms with E-state index in [1.54, 1.807) is 17.0 Å². The quantitative estimate of drug-likeness (QED) is 0.614. The number of carbonyl (C=O) groups is 1. The van der Waals surface area contributed by atoms with Gasteiger partial charge < -0.3 is 4.90 Å². The van der Waals surface area contributed by atoms with E-state index < -0.39 is 0 Å². The van der Waals surface area contributed by atoms with Gasteiger partial charge in [0.15, 0.2) is 0 Å². The molecule has 0 bridgehead atoms. The summed E-state index contributed by atoms with van der Waals surface area (Å²) in [4.78, 5) is 41.2. The molecule has 0 aliphatic carbocycles. The minimum atomic E-state index is 0.000220. The van der Waals surface area contributed by atoms with Gasteiger partial charge in [-0.25, -0.2) is 9.59 Å². The van der Waals surface area contributed by atoms with E-state index >= 15 is 0 Å². The number of nitrogens with zero attached hydrogens (tertiary/aromatic N) is 3. The summed E-state index contributed by atoms with van der Waals surface area (Å²) in [6.07, 6.45) is 5.12. The molecule has 0 aromatic heterocycles. The van der Waals surface area contributed by atoms with Gasteiger partial charge in [0.25, 0.3) is 0 Å². The molecular weight excluding hydrogens is 246 g/mol. The predicted molar refractivity (Wildman–Crippen MR) is 68.2 cm³/mol. The van der Waals surface area contributed by atoms with E-state index in [1.807, 2.05) is 0 Å². The maximum atomic E-state index is 11.9. The van der Waals surface area contributed by atoms with Crippen LogP contribution in [0.2, 0.25) is 0 Å². The van der Waals surface area contributed by atoms with Crippen LogP contribution in [-0.4, -0.2) is 24.6 Å². The second kappa shape index (κ2) is 5.87. The number of benzene rings is 1. The van der Waals surface area contributed by atoms with Crippen LogP contribution in [0.4, 0.5) is 17.1 Å². The maximum absolute atomic E-state index is 11.9. The number of carbonyl (C=O) groups excluding carboxylic acids is 3. The first-order valence-corrected chi connectivity index (χ1v) is 5.86. The van der Waals surface area contributed by atoms with Crippen LogP contribution in [0.15, 0.2) is 28.2 Å². The molecule has 1 amide bonds. The third kappa shape index (κ3) is 2.83. The smallest absolute Gasteiger partial charge is 0.240 e. The van der Waals surface area contributed by atoms with Gasteiger partial charge in [-0.05, 0) is 31.0 Å². The largest absolute Gasteiger partial charge is 0.310 e. The second-order valence-corrected chi connectivity index (χ2v) is 4.08. The highest BCUT2D eigenvalue weighted by Crippen LogP contribution is 2.34. The first-order chi connectivity index (χ1) is 9.26. The monoisotopic (exact) mass is 257 g/mol. The van der Waals surface area contributed by atoms with Crippen LogP contribution >= 0.6 is 0 Å². The number of hydrogen-bond acceptors (Lipinski definition) is 5. The average Bonchev–Trinajstić information content (AvgIpc) is 2.41. The molecule has 2 rings (SSSR count). The molecule has 6 heteroatoms. The van der Waals surface area contributed by atoms with E-state index in [-0.39, 0.29) is 11.6 Å². The standard InChI is InChI=1S/C13H11N3O3/c17-8-14-10-4-5-12(11(7-10)15-9-18)16-6-2-1-3-13(16)19/h4-5,7H,1-3,6H2. The summed E-state index contributed by atoms with van der Waals surface area (Å²) in [6.45, 7) is 0.594. The summed E-state index contributed by atoms with van der Waals surface area (Å²) in [5.74, 6) is 0.000220. The molecule has 6 nitrogen and oxygen atoms in total. The van der Waals surface area contributed by atoms with Crippen molar-refractivity contribution in [1.29, 1.82) is 0 Å². The molecular formula is C13H11N3O3. The topological polar surface area (TPSA) is 79.2 Å². The van der Waals surface area contributed by atoms with Crippen molar-refractivity contribution in [2.75, 3.05) is 11.4 Å². The van der Waals surface area contributed by atoms with Gasteiger partial charge in [0, 0.05) is 13.0 Å². The van der Waals surface area contributed by atoms with Crippen LogP contribution in [0.1, 0.15) is 19.3 Å². The molecule has 0 N–H and O–H groups in total. The molecule has 1 aromatic carbocycles. The highest BCUT2D eigenvalue weighted by atomic mass is 16.2. The third-order valence-electron chi connectivity index (χ3n) is 2.91. The van der Waals surface area contributed by atoms with Gasteiger partial charge in [0.2, 0.25) is 18.1 Å². The number of hydrogen-bond donors (Lipinski definition) is 0. The molecule has 1 aromatic rings. The van der Waals surface area contributed by atoms with Crippen molar-refractivity contribution in [3.05, 3.63) is 18.2 Å². The molecule has 0 unspecified atom stereocenters. The summed E-state index contributed by atoms with van der Waals surface area (Å²) >= 11 is 0. The lowest BCUT2D eigenvalue weighted by atomic mass is 10.1. The maximum Gasteiger partial charge on any atom is 0.240 e. The summed E-state index contributed by atoms with van der Waals surface area (Å²) in [6, 6.07) is 4.65. The molecule has 96 valence electrons. The van der Waals surface area contributed by atoms with Gasteiger partial charge >= 0.3 is 0 Å². The molecule has 1 aliphatic rings. The van der Waals surface area contributed by atoms with Crippen LogP contribution in [0.3, 0.4) is 0 Å². The van der Waals surface area contributed by atoms with Crippen LogP contribution in [0.5, 0.6) is 0 Å². The van der Waals surface area contributed by atoms with Crippen LogP contribution in [-0.2, 0) is 14.4 Å². The molecule has 0 saturated carbocycles. The Bertz CT molecular complexity index is 599. The lowest BCUT2D eigenvalue weighted by molar-refractivity contribution is -0.119. The van der Waals surface area contributed by atoms with Gasteiger partial charge in [-0.1, -0.05) is 0 Å². The summed E-state index contributed by atoms with van der Waals surface area (Å²) in [5.41, 5.74) is 1.15. The molecule has 1 aliphatic heterocycles. The molecule has 0 radical (unpaired) electrons. The zero-order valence-electron chi connectivity index (χ0n) is 10.1. The fourth-order valence-corrected chi connectivity index (χ4v) is 2.06. The van der Waals surface area contributed by atoms with Crippen molar-refractivity contribution < 1.29 is 14.4 Å². The van der Waals surface area contributed by atoms with Gasteiger partial charge in [0.1, 0.15) is 5.69 Å². The Balaban J connectivity index is 2.46. The minimum Gasteiger partial charge on any atom is -0.310 e. The molecule has 1 heterocycles. The van der Waals surface area contributed by atoms with Crippen LogP contribution in [0.25, 0.3) is 0 Å². The lowest BCUT2D eigenvalue weighted by Crippen LogP contribution is -2.35. The second-order valence-electron chi connectivity index (χ2n) is 4.08. The van der Waals surface area contributed by atoms with Crippen molar-refractivity contribution in [3.8, 4) is 0 Å². The van der Waals surface area contributed by atoms with E-state index in [1.165, 1.54) is 18.2 Å². The first kappa shape index (κ1) is 12.9. The van der Waals surface area contributed by atoms with Crippen molar-refractivity contribution in [2.45, 2.75) is 19.3 Å². The van der Waals surface area contributed by atoms with E-state index in [0.29, 0.717) is 24.3 Å². The Labute approximate surface area is 109 Å². The van der Waals surface area contributed by atoms with Crippen molar-refractivity contribution in [3.63, 3.8) is 0 Å². The normalized spacial score (nSPS) is 14.5. The third-order valence-corrected chi connectivity index (χ3v) is 2.91. The zero-order chi connectivity index (χ0) is 13.7. The van der Waals surface area contributed by atoms with Crippen LogP contribution < -0.4 is 4.90 Å². The lowest BCUT2D eigenvalue weighted by Gasteiger charge is -2.27. The molecule has 0 atom stereocenters. The highest BCUT2D eigenvalue weighted by Gasteiger charge is 2.22. The van der Waals surface area contributed by atoms with E-state index in [0.717, 1.165) is 12.8 Å². The Morgan fingerprint density at radius 2 is 1.89 bits per heavy atom. The Morgan fingerprint density at radius 3 is 2.58 bits per heavy atom. The molecule has 1 fully saturated rings. The van der Waals surface area contributed by atoms with Crippen molar-refractivity contribution in [1.82, 2.24) is 0 Å². The number of anilines is 1. The number of isocyanates is 2. The number of aliphatic imine (C=N–C) groups is 2. The fraction of sp³-hybridized carbons (Fsp3) is 0.308. The van der Waals surface area contributed by atoms with Crippen molar-refractivity contribution in [2.24, 2.45) is 9.98 Å². The van der Waals surface area contributed by atoms with Crippen LogP contribution in [0, 0.1) is 0 Å². The molecule has 0 spiro atoms. The van der Waals surface area contributed by atoms with Gasteiger partial charge in [-0.2, -0.15) is 9.98 Å². The number of piperidine rings is 1. The number of rotatable bonds is 3. The number of amides is 1. The van der Waals surface area contributed by atoms with Gasteiger partial charge in [-0.3, -0.25) is 4.79 Å². The molecule has 19 heavy (non-hydrogen) atoms. The van der Waals surface area contributed by atoms with E-state index in [4.69, 9.17) is 0 Å². The van der Waals surface area contributed by atoms with E-state index in [2.05, 4.69) is 9.98 Å². The Hall–Kier alpha value is -2.55. The summed E-state index contributed by atoms with van der Waals surface area (Å²) in [5, 5.41) is 0. The fourth-order valence-electron chi connectivity index (χ4n) is 2.06. The summed E-state index contributed by atoms with van der Waals surface area (Å²) in [7, 11) is 0. The Kier molecular flexibility index (Phi) is 3.98. The van der Waals surface area contributed by atoms with Crippen molar-refractivity contribution >= 4 is 35.1 Å². The SMILES string of the molecule is O=C=Nc1ccc(N2CCCCC2=O)c(N=C=O)c1. The average molecular weight is 257 g/mol. The zero-order valence-corrected chi connectivity index (χ0v) is 10.1. The summed E-state index contributed by atoms with van der Waals surface area (Å²) < 4.78 is 0. The predicted octanol–water partition coefficient (Wildman–Crippen LogP) is 2.14. The minimum absolute atomic E-state index is 0.000220. The molecule has 1 saturated heterocycles. The van der Waals surface area contributed by atoms with Gasteiger partial charge in [0.05, 0.1) is 11.4 Å². The first-order valence-electron chi connectivity index (χ1n) is 5.86.